The number of nitrogens with one attached hydrogen (secondary N) is 1. The summed E-state index contributed by atoms with van der Waals surface area (Å²) in [6.45, 7) is 1.83. The monoisotopic (exact) mass is 177 g/mol. The normalized spacial score (nSPS) is 10.5. The third-order valence-electron chi connectivity index (χ3n) is 1.95. The number of aromatic amines is 1. The van der Waals surface area contributed by atoms with Crippen LogP contribution in [-0.2, 0) is 0 Å². The number of nitro groups is 1. The molecule has 66 valence electrons. The molecule has 0 fully saturated rings. The van der Waals surface area contributed by atoms with Crippen molar-refractivity contribution in [1.82, 2.24) is 10.2 Å². The van der Waals surface area contributed by atoms with Crippen LogP contribution in [0.25, 0.3) is 10.9 Å². The molecule has 2 aromatic rings. The van der Waals surface area contributed by atoms with Gasteiger partial charge in [0, 0.05) is 17.1 Å². The smallest absolute Gasteiger partial charge is 0.281 e. The Morgan fingerprint density at radius 3 is 3.00 bits per heavy atom. The molecule has 0 aliphatic heterocycles. The summed E-state index contributed by atoms with van der Waals surface area (Å²) in [5.74, 6) is 0. The summed E-state index contributed by atoms with van der Waals surface area (Å²) < 4.78 is 0. The summed E-state index contributed by atoms with van der Waals surface area (Å²) in [5, 5.41) is 18.0. The summed E-state index contributed by atoms with van der Waals surface area (Å²) in [4.78, 5) is 10.1. The van der Waals surface area contributed by atoms with Crippen molar-refractivity contribution in [2.75, 3.05) is 0 Å². The number of aromatic nitrogens is 2. The van der Waals surface area contributed by atoms with E-state index in [-0.39, 0.29) is 5.69 Å². The first-order chi connectivity index (χ1) is 6.20. The zero-order valence-corrected chi connectivity index (χ0v) is 6.94. The molecule has 1 aromatic heterocycles. The van der Waals surface area contributed by atoms with Gasteiger partial charge in [-0.05, 0) is 6.92 Å². The first-order valence-corrected chi connectivity index (χ1v) is 3.78. The largest absolute Gasteiger partial charge is 0.297 e. The molecule has 5 heteroatoms. The second kappa shape index (κ2) is 2.55. The van der Waals surface area contributed by atoms with Crippen LogP contribution in [-0.4, -0.2) is 15.1 Å². The average molecular weight is 177 g/mol. The summed E-state index contributed by atoms with van der Waals surface area (Å²) >= 11 is 0. The number of para-hydroxylation sites is 1. The van der Waals surface area contributed by atoms with Crippen LogP contribution in [0.3, 0.4) is 0 Å². The van der Waals surface area contributed by atoms with Gasteiger partial charge in [0.05, 0.1) is 4.92 Å². The Bertz CT molecular complexity index is 475. The van der Waals surface area contributed by atoms with Gasteiger partial charge in [0.15, 0.2) is 5.52 Å². The highest BCUT2D eigenvalue weighted by Crippen LogP contribution is 2.24. The predicted octanol–water partition coefficient (Wildman–Crippen LogP) is 1.78. The second-order valence-corrected chi connectivity index (χ2v) is 2.78. The highest BCUT2D eigenvalue weighted by Gasteiger charge is 2.14. The fourth-order valence-corrected chi connectivity index (χ4v) is 1.30. The molecule has 0 spiro atoms. The van der Waals surface area contributed by atoms with Gasteiger partial charge in [0.1, 0.15) is 0 Å². The van der Waals surface area contributed by atoms with Gasteiger partial charge in [-0.15, -0.1) is 0 Å². The van der Waals surface area contributed by atoms with E-state index < -0.39 is 4.92 Å². The number of hydrogen-bond acceptors (Lipinski definition) is 3. The molecule has 0 aliphatic carbocycles. The van der Waals surface area contributed by atoms with Gasteiger partial charge >= 0.3 is 0 Å². The minimum absolute atomic E-state index is 0.0434. The van der Waals surface area contributed by atoms with E-state index in [1.807, 2.05) is 6.92 Å². The van der Waals surface area contributed by atoms with Crippen LogP contribution < -0.4 is 0 Å². The molecule has 0 atom stereocenters. The van der Waals surface area contributed by atoms with Gasteiger partial charge in [-0.2, -0.15) is 5.10 Å². The van der Waals surface area contributed by atoms with Crippen LogP contribution in [0.2, 0.25) is 0 Å². The van der Waals surface area contributed by atoms with Crippen molar-refractivity contribution in [3.05, 3.63) is 34.0 Å². The van der Waals surface area contributed by atoms with E-state index in [2.05, 4.69) is 10.2 Å². The molecule has 0 aliphatic rings. The Morgan fingerprint density at radius 2 is 2.31 bits per heavy atom. The van der Waals surface area contributed by atoms with Crippen LogP contribution in [0.5, 0.6) is 0 Å². The molecule has 0 radical (unpaired) electrons. The lowest BCUT2D eigenvalue weighted by molar-refractivity contribution is -0.383. The third-order valence-corrected chi connectivity index (χ3v) is 1.95. The van der Waals surface area contributed by atoms with Gasteiger partial charge in [-0.25, -0.2) is 0 Å². The van der Waals surface area contributed by atoms with Crippen LogP contribution in [0.1, 0.15) is 5.69 Å². The fraction of sp³-hybridized carbons (Fsp3) is 0.125. The SMILES string of the molecule is Cc1[nH]nc2c([N+](=O)[O-])cccc12. The number of rotatable bonds is 1. The number of non-ortho nitro benzene ring substituents is 1. The molecule has 0 unspecified atom stereocenters. The standard InChI is InChI=1S/C8H7N3O2/c1-5-6-3-2-4-7(11(12)13)8(6)10-9-5/h2-4H,1H3,(H,9,10). The molecule has 0 bridgehead atoms. The van der Waals surface area contributed by atoms with E-state index in [0.29, 0.717) is 5.52 Å². The Morgan fingerprint density at radius 1 is 1.54 bits per heavy atom. The zero-order chi connectivity index (χ0) is 9.42. The number of aryl methyl sites for hydroxylation is 1. The predicted molar refractivity (Wildman–Crippen MR) is 47.5 cm³/mol. The van der Waals surface area contributed by atoms with Crippen molar-refractivity contribution in [3.63, 3.8) is 0 Å². The molecule has 5 nitrogen and oxygen atoms in total. The Hall–Kier alpha value is -1.91. The van der Waals surface area contributed by atoms with Gasteiger partial charge in [-0.1, -0.05) is 12.1 Å². The fourth-order valence-electron chi connectivity index (χ4n) is 1.30. The lowest BCUT2D eigenvalue weighted by Gasteiger charge is -1.91. The lowest BCUT2D eigenvalue weighted by atomic mass is 10.2. The van der Waals surface area contributed by atoms with Gasteiger partial charge in [-0.3, -0.25) is 15.2 Å². The van der Waals surface area contributed by atoms with Crippen molar-refractivity contribution >= 4 is 16.6 Å². The van der Waals surface area contributed by atoms with Crippen LogP contribution >= 0.6 is 0 Å². The first kappa shape index (κ1) is 7.72. The number of nitro benzene ring substituents is 1. The maximum absolute atomic E-state index is 10.6. The lowest BCUT2D eigenvalue weighted by Crippen LogP contribution is -1.88. The van der Waals surface area contributed by atoms with E-state index >= 15 is 0 Å². The Balaban J connectivity index is 2.84. The molecule has 1 N–H and O–H groups in total. The van der Waals surface area contributed by atoms with E-state index in [1.54, 1.807) is 12.1 Å². The molecule has 2 rings (SSSR count). The number of H-pyrrole nitrogens is 1. The van der Waals surface area contributed by atoms with Crippen molar-refractivity contribution in [2.24, 2.45) is 0 Å². The molecule has 0 saturated carbocycles. The number of fused-ring (bicyclic) bond motifs is 1. The molecule has 0 amide bonds. The van der Waals surface area contributed by atoms with Crippen LogP contribution in [0.15, 0.2) is 18.2 Å². The van der Waals surface area contributed by atoms with Crippen molar-refractivity contribution in [2.45, 2.75) is 6.92 Å². The number of benzene rings is 1. The van der Waals surface area contributed by atoms with Crippen LogP contribution in [0.4, 0.5) is 5.69 Å². The second-order valence-electron chi connectivity index (χ2n) is 2.78. The van der Waals surface area contributed by atoms with E-state index in [4.69, 9.17) is 0 Å². The van der Waals surface area contributed by atoms with Crippen molar-refractivity contribution in [1.29, 1.82) is 0 Å². The van der Waals surface area contributed by atoms with Crippen molar-refractivity contribution < 1.29 is 4.92 Å². The highest BCUT2D eigenvalue weighted by atomic mass is 16.6. The third kappa shape index (κ3) is 1.05. The Labute approximate surface area is 73.5 Å². The number of hydrogen-bond donors (Lipinski definition) is 1. The van der Waals surface area contributed by atoms with Gasteiger partial charge in [0.25, 0.3) is 5.69 Å². The van der Waals surface area contributed by atoms with Crippen molar-refractivity contribution in [3.8, 4) is 0 Å². The Kier molecular flexibility index (Phi) is 1.51. The topological polar surface area (TPSA) is 71.8 Å². The zero-order valence-electron chi connectivity index (χ0n) is 6.94. The summed E-state index contributed by atoms with van der Waals surface area (Å²) in [6, 6.07) is 4.91. The minimum atomic E-state index is -0.428. The first-order valence-electron chi connectivity index (χ1n) is 3.78. The maximum atomic E-state index is 10.6. The summed E-state index contributed by atoms with van der Waals surface area (Å²) in [7, 11) is 0. The molecule has 13 heavy (non-hydrogen) atoms. The molecule has 1 heterocycles. The van der Waals surface area contributed by atoms with E-state index in [9.17, 15) is 10.1 Å². The molecular weight excluding hydrogens is 170 g/mol. The van der Waals surface area contributed by atoms with E-state index in [1.165, 1.54) is 6.07 Å². The summed E-state index contributed by atoms with van der Waals surface area (Å²) in [5.41, 5.74) is 1.31. The minimum Gasteiger partial charge on any atom is -0.281 e. The maximum Gasteiger partial charge on any atom is 0.297 e. The highest BCUT2D eigenvalue weighted by molar-refractivity contribution is 5.88. The van der Waals surface area contributed by atoms with Gasteiger partial charge < -0.3 is 0 Å². The molecule has 1 aromatic carbocycles. The van der Waals surface area contributed by atoms with Gasteiger partial charge in [0.2, 0.25) is 0 Å². The molecule has 0 saturated heterocycles. The summed E-state index contributed by atoms with van der Waals surface area (Å²) in [6.07, 6.45) is 0. The van der Waals surface area contributed by atoms with E-state index in [0.717, 1.165) is 11.1 Å². The van der Waals surface area contributed by atoms with Crippen LogP contribution in [0, 0.1) is 17.0 Å². The quantitative estimate of drug-likeness (QED) is 0.533. The molecular formula is C8H7N3O2. The average Bonchev–Trinajstić information content (AvgIpc) is 2.48. The number of nitrogens with zero attached hydrogens (tertiary/aromatic N) is 2.